The van der Waals surface area contributed by atoms with Gasteiger partial charge in [-0.2, -0.15) is 0 Å². The molecule has 0 bridgehead atoms. The van der Waals surface area contributed by atoms with E-state index < -0.39 is 119 Å². The third-order valence-corrected chi connectivity index (χ3v) is 11.2. The van der Waals surface area contributed by atoms with E-state index in [0.29, 0.717) is 12.8 Å². The molecular formula is C58H102N4O16. The number of carbonyl (C=O) groups is 10. The van der Waals surface area contributed by atoms with Gasteiger partial charge in [-0.15, -0.1) is 0 Å². The Morgan fingerprint density at radius 3 is 0.731 bits per heavy atom. The van der Waals surface area contributed by atoms with Crippen LogP contribution in [0.4, 0.5) is 0 Å². The minimum absolute atomic E-state index is 0.126. The highest BCUT2D eigenvalue weighted by Gasteiger charge is 2.33. The Kier molecular flexibility index (Phi) is 33.6. The van der Waals surface area contributed by atoms with E-state index in [9.17, 15) is 53.1 Å². The predicted octanol–water partition coefficient (Wildman–Crippen LogP) is 9.08. The van der Waals surface area contributed by atoms with Gasteiger partial charge in [0.25, 0.3) is 0 Å². The largest absolute Gasteiger partial charge is 0.481 e. The van der Waals surface area contributed by atoms with E-state index in [1.807, 2.05) is 20.8 Å². The summed E-state index contributed by atoms with van der Waals surface area (Å²) in [5.41, 5.74) is -4.23. The number of carbonyl (C=O) groups excluding carboxylic acids is 9. The van der Waals surface area contributed by atoms with Crippen LogP contribution in [0, 0.1) is 0 Å². The average Bonchev–Trinajstić information content (AvgIpc) is 3.25. The lowest BCUT2D eigenvalue weighted by Crippen LogP contribution is -2.48. The van der Waals surface area contributed by atoms with Gasteiger partial charge in [-0.3, -0.25) is 28.8 Å². The summed E-state index contributed by atoms with van der Waals surface area (Å²) in [7, 11) is 0. The fourth-order valence-electron chi connectivity index (χ4n) is 7.72. The van der Waals surface area contributed by atoms with Crippen LogP contribution >= 0.6 is 0 Å². The Morgan fingerprint density at radius 2 is 0.500 bits per heavy atom. The number of amides is 4. The first kappa shape index (κ1) is 72.7. The molecule has 0 aromatic heterocycles. The zero-order valence-electron chi connectivity index (χ0n) is 50.4. The second-order valence-electron chi connectivity index (χ2n) is 25.2. The topological polar surface area (TPSA) is 285 Å². The van der Waals surface area contributed by atoms with Gasteiger partial charge in [-0.05, 0) is 142 Å². The summed E-state index contributed by atoms with van der Waals surface area (Å²) in [6.45, 7) is 25.2. The van der Waals surface area contributed by atoms with E-state index in [2.05, 4.69) is 21.3 Å². The molecule has 20 nitrogen and oxygen atoms in total. The molecule has 0 radical (unpaired) electrons. The van der Waals surface area contributed by atoms with Crippen molar-refractivity contribution >= 4 is 59.4 Å². The summed E-state index contributed by atoms with van der Waals surface area (Å²) in [5, 5.41) is 19.5. The minimum Gasteiger partial charge on any atom is -0.481 e. The number of aliphatic carboxylic acids is 1. The van der Waals surface area contributed by atoms with Crippen molar-refractivity contribution in [3.05, 3.63) is 0 Å². The Bertz CT molecular complexity index is 1900. The zero-order valence-corrected chi connectivity index (χ0v) is 50.4. The molecule has 0 unspecified atom stereocenters. The Balaban J connectivity index is 5.45. The van der Waals surface area contributed by atoms with Gasteiger partial charge in [0.2, 0.25) is 23.6 Å². The monoisotopic (exact) mass is 1110 g/mol. The first-order chi connectivity index (χ1) is 35.8. The number of unbranched alkanes of at least 4 members (excludes halogenated alkanes) is 13. The summed E-state index contributed by atoms with van der Waals surface area (Å²) in [5.74, 6) is -7.12. The van der Waals surface area contributed by atoms with Crippen LogP contribution in [0.15, 0.2) is 0 Å². The van der Waals surface area contributed by atoms with Crippen molar-refractivity contribution in [1.82, 2.24) is 21.3 Å². The molecule has 0 fully saturated rings. The average molecular weight is 1110 g/mol. The van der Waals surface area contributed by atoms with E-state index in [1.165, 1.54) is 32.1 Å². The van der Waals surface area contributed by atoms with Crippen molar-refractivity contribution < 1.29 is 76.7 Å². The number of esters is 5. The summed E-state index contributed by atoms with van der Waals surface area (Å²) < 4.78 is 27.4. The first-order valence-electron chi connectivity index (χ1n) is 28.4. The normalized spacial score (nSPS) is 13.6. The minimum atomic E-state index is -1.38. The van der Waals surface area contributed by atoms with E-state index in [1.54, 1.807) is 83.1 Å². The lowest BCUT2D eigenvalue weighted by molar-refractivity contribution is -0.160. The fourth-order valence-corrected chi connectivity index (χ4v) is 7.72. The quantitative estimate of drug-likeness (QED) is 0.0220. The highest BCUT2D eigenvalue weighted by molar-refractivity contribution is 5.89. The maximum atomic E-state index is 13.5. The smallest absolute Gasteiger partial charge is 0.329 e. The molecule has 78 heavy (non-hydrogen) atoms. The number of ether oxygens (including phenoxy) is 5. The van der Waals surface area contributed by atoms with Gasteiger partial charge < -0.3 is 50.1 Å². The molecule has 0 saturated heterocycles. The van der Waals surface area contributed by atoms with Crippen LogP contribution < -0.4 is 21.3 Å². The molecule has 0 spiro atoms. The van der Waals surface area contributed by atoms with E-state index in [4.69, 9.17) is 23.7 Å². The summed E-state index contributed by atoms with van der Waals surface area (Å²) in [6.07, 6.45) is 12.9. The fraction of sp³-hybridized carbons (Fsp3) is 0.828. The van der Waals surface area contributed by atoms with Crippen LogP contribution in [0.5, 0.6) is 0 Å². The van der Waals surface area contributed by atoms with Crippen LogP contribution in [0.25, 0.3) is 0 Å². The molecule has 4 amide bonds. The van der Waals surface area contributed by atoms with E-state index in [0.717, 1.165) is 51.4 Å². The van der Waals surface area contributed by atoms with Crippen molar-refractivity contribution in [3.8, 4) is 0 Å². The van der Waals surface area contributed by atoms with Crippen molar-refractivity contribution in [3.63, 3.8) is 0 Å². The van der Waals surface area contributed by atoms with Crippen LogP contribution in [0.1, 0.15) is 258 Å². The molecule has 20 heteroatoms. The Hall–Kier alpha value is -5.30. The Morgan fingerprint density at radius 1 is 0.295 bits per heavy atom. The third-order valence-electron chi connectivity index (χ3n) is 11.2. The van der Waals surface area contributed by atoms with Gasteiger partial charge in [0.1, 0.15) is 52.2 Å². The number of hydrogen-bond acceptors (Lipinski definition) is 15. The van der Waals surface area contributed by atoms with Gasteiger partial charge in [0.15, 0.2) is 0 Å². The number of hydrogen-bond donors (Lipinski definition) is 5. The van der Waals surface area contributed by atoms with Crippen molar-refractivity contribution in [2.75, 3.05) is 0 Å². The first-order valence-corrected chi connectivity index (χ1v) is 28.4. The van der Waals surface area contributed by atoms with Gasteiger partial charge in [0, 0.05) is 38.5 Å². The van der Waals surface area contributed by atoms with Crippen molar-refractivity contribution in [2.24, 2.45) is 0 Å². The van der Waals surface area contributed by atoms with Gasteiger partial charge in [-0.25, -0.2) is 19.2 Å². The number of carboxylic acid groups (broad SMARTS) is 1. The SMILES string of the molecule is CC(C)(C)OC(=O)CCCCCCCCCCCCCCCCC(=O)N[C@@H](CCC(=O)N[C@@H](CCC(=O)N[C@@H](CCC(=O)N[C@@H](CCC(=O)O)C(=O)OC(C)(C)C)C(=O)OC(C)(C)C)C(=O)OC(C)(C)C)C(=O)OC(C)(C)C. The molecule has 0 aromatic rings. The summed E-state index contributed by atoms with van der Waals surface area (Å²) >= 11 is 0. The van der Waals surface area contributed by atoms with Crippen molar-refractivity contribution in [2.45, 2.75) is 310 Å². The summed E-state index contributed by atoms with van der Waals surface area (Å²) in [6, 6.07) is -5.20. The number of nitrogens with one attached hydrogen (secondary N) is 4. The number of carboxylic acids is 1. The second kappa shape index (κ2) is 36.1. The summed E-state index contributed by atoms with van der Waals surface area (Å²) in [4.78, 5) is 129. The predicted molar refractivity (Wildman–Crippen MR) is 295 cm³/mol. The highest BCUT2D eigenvalue weighted by atomic mass is 16.6. The molecule has 0 rings (SSSR count). The number of rotatable bonds is 37. The van der Waals surface area contributed by atoms with E-state index in [-0.39, 0.29) is 50.4 Å². The van der Waals surface area contributed by atoms with Crippen molar-refractivity contribution in [1.29, 1.82) is 0 Å². The van der Waals surface area contributed by atoms with Crippen LogP contribution in [0.2, 0.25) is 0 Å². The maximum Gasteiger partial charge on any atom is 0.329 e. The second-order valence-corrected chi connectivity index (χ2v) is 25.2. The lowest BCUT2D eigenvalue weighted by atomic mass is 10.0. The van der Waals surface area contributed by atoms with Crippen LogP contribution in [-0.4, -0.2) is 117 Å². The molecule has 0 aliphatic carbocycles. The van der Waals surface area contributed by atoms with E-state index >= 15 is 0 Å². The standard InChI is InChI=1S/C58H102N4O16/c1-54(2,3)74-49(69)31-29-27-25-23-21-19-17-16-18-20-22-24-26-28-30-44(63)59-40(50(70)75-55(4,5)6)32-36-45(64)60-41(51(71)76-56(7,8)9)33-37-46(65)61-42(52(72)77-57(10,11)12)34-38-47(66)62-43(35-39-48(67)68)53(73)78-58(13,14)15/h40-43H,16-39H2,1-15H3,(H,59,63)(H,60,64)(H,61,65)(H,62,66)(H,67,68)/t40-,41-,42-,43-/m0/s1. The van der Waals surface area contributed by atoms with Gasteiger partial charge in [-0.1, -0.05) is 77.0 Å². The maximum absolute atomic E-state index is 13.5. The van der Waals surface area contributed by atoms with Crippen LogP contribution in [0.3, 0.4) is 0 Å². The highest BCUT2D eigenvalue weighted by Crippen LogP contribution is 2.19. The molecular weight excluding hydrogens is 1010 g/mol. The molecule has 450 valence electrons. The molecule has 0 aliphatic rings. The molecule has 4 atom stereocenters. The van der Waals surface area contributed by atoms with Gasteiger partial charge in [0.05, 0.1) is 0 Å². The molecule has 0 aliphatic heterocycles. The van der Waals surface area contributed by atoms with Crippen LogP contribution in [-0.2, 0) is 71.6 Å². The third kappa shape index (κ3) is 41.8. The molecule has 5 N–H and O–H groups in total. The lowest BCUT2D eigenvalue weighted by Gasteiger charge is -2.26. The Labute approximate surface area is 466 Å². The molecule has 0 saturated carbocycles. The molecule has 0 aromatic carbocycles. The zero-order chi connectivity index (χ0) is 59.9. The van der Waals surface area contributed by atoms with Gasteiger partial charge >= 0.3 is 35.8 Å². The molecule has 0 heterocycles.